The molecule has 10 heteroatoms. The van der Waals surface area contributed by atoms with Gasteiger partial charge in [-0.05, 0) is 56.2 Å². The molecule has 0 radical (unpaired) electrons. The lowest BCUT2D eigenvalue weighted by molar-refractivity contribution is -0.140. The van der Waals surface area contributed by atoms with E-state index in [9.17, 15) is 22.4 Å². The number of carbonyl (C=O) groups excluding carboxylic acids is 2. The zero-order valence-electron chi connectivity index (χ0n) is 21.5. The van der Waals surface area contributed by atoms with E-state index in [-0.39, 0.29) is 34.1 Å². The summed E-state index contributed by atoms with van der Waals surface area (Å²) in [4.78, 5) is 28.3. The van der Waals surface area contributed by atoms with Gasteiger partial charge in [0.05, 0.1) is 15.6 Å². The van der Waals surface area contributed by atoms with Crippen LogP contribution in [0.2, 0.25) is 5.02 Å². The third-order valence-corrected chi connectivity index (χ3v) is 7.89. The first kappa shape index (κ1) is 29.1. The number of carbonyl (C=O) groups is 2. The Morgan fingerprint density at radius 2 is 1.58 bits per heavy atom. The summed E-state index contributed by atoms with van der Waals surface area (Å²) in [5, 5.41) is 2.56. The van der Waals surface area contributed by atoms with Crippen molar-refractivity contribution < 1.29 is 22.4 Å². The van der Waals surface area contributed by atoms with Crippen LogP contribution < -0.4 is 9.62 Å². The maximum atomic E-state index is 13.9. The zero-order valence-corrected chi connectivity index (χ0v) is 23.0. The molecular weight excluding hydrogens is 529 g/mol. The number of nitrogens with one attached hydrogen (secondary N) is 1. The summed E-state index contributed by atoms with van der Waals surface area (Å²) in [7, 11) is -4.25. The van der Waals surface area contributed by atoms with Crippen molar-refractivity contribution in [2.75, 3.05) is 10.8 Å². The molecule has 7 nitrogen and oxygen atoms in total. The SMILES string of the molecule is CC[C@H](C(=O)NC(C)C)N(Cc1ccccc1)C(=O)CN(c1ccc(F)c(Cl)c1)S(=O)(=O)c1ccccc1. The van der Waals surface area contributed by atoms with Crippen molar-refractivity contribution >= 4 is 39.1 Å². The van der Waals surface area contributed by atoms with Crippen LogP contribution in [-0.4, -0.2) is 43.8 Å². The second-order valence-corrected chi connectivity index (χ2v) is 11.3. The first-order valence-electron chi connectivity index (χ1n) is 12.2. The van der Waals surface area contributed by atoms with Crippen LogP contribution in [0.3, 0.4) is 0 Å². The smallest absolute Gasteiger partial charge is 0.264 e. The highest BCUT2D eigenvalue weighted by atomic mass is 35.5. The van der Waals surface area contributed by atoms with Crippen LogP contribution in [0.5, 0.6) is 0 Å². The standard InChI is InChI=1S/C28H31ClFN3O4S/c1-4-26(28(35)31-20(2)3)32(18-21-11-7-5-8-12-21)27(34)19-33(22-15-16-25(30)24(29)17-22)38(36,37)23-13-9-6-10-14-23/h5-17,20,26H,4,18-19H2,1-3H3,(H,31,35)/t26-/m1/s1. The van der Waals surface area contributed by atoms with Crippen molar-refractivity contribution in [3.8, 4) is 0 Å². The third-order valence-electron chi connectivity index (χ3n) is 5.81. The highest BCUT2D eigenvalue weighted by Gasteiger charge is 2.34. The van der Waals surface area contributed by atoms with Crippen LogP contribution in [0.15, 0.2) is 83.8 Å². The number of amides is 2. The van der Waals surface area contributed by atoms with E-state index in [1.807, 2.05) is 44.2 Å². The van der Waals surface area contributed by atoms with E-state index < -0.39 is 34.3 Å². The van der Waals surface area contributed by atoms with Crippen molar-refractivity contribution in [1.29, 1.82) is 0 Å². The van der Waals surface area contributed by atoms with Gasteiger partial charge in [-0.15, -0.1) is 0 Å². The van der Waals surface area contributed by atoms with Gasteiger partial charge in [-0.1, -0.05) is 67.1 Å². The molecule has 3 aromatic carbocycles. The number of nitrogens with zero attached hydrogens (tertiary/aromatic N) is 2. The van der Waals surface area contributed by atoms with Gasteiger partial charge in [0.25, 0.3) is 10.0 Å². The molecule has 0 saturated heterocycles. The number of sulfonamides is 1. The molecule has 0 aliphatic carbocycles. The number of benzene rings is 3. The molecule has 0 aliphatic heterocycles. The normalized spacial score (nSPS) is 12.2. The van der Waals surface area contributed by atoms with E-state index in [2.05, 4.69) is 5.32 Å². The number of halogens is 2. The Morgan fingerprint density at radius 3 is 2.13 bits per heavy atom. The van der Waals surface area contributed by atoms with Gasteiger partial charge in [0.2, 0.25) is 11.8 Å². The van der Waals surface area contributed by atoms with E-state index in [0.29, 0.717) is 6.42 Å². The fourth-order valence-corrected chi connectivity index (χ4v) is 5.57. The Morgan fingerprint density at radius 1 is 0.974 bits per heavy atom. The largest absolute Gasteiger partial charge is 0.352 e. The zero-order chi connectivity index (χ0) is 27.9. The van der Waals surface area contributed by atoms with Gasteiger partial charge in [0.15, 0.2) is 0 Å². The van der Waals surface area contributed by atoms with Crippen LogP contribution in [0.1, 0.15) is 32.8 Å². The summed E-state index contributed by atoms with van der Waals surface area (Å²) in [5.41, 5.74) is 0.798. The van der Waals surface area contributed by atoms with Gasteiger partial charge >= 0.3 is 0 Å². The minimum absolute atomic E-state index is 0.0212. The molecule has 0 saturated carbocycles. The number of hydrogen-bond acceptors (Lipinski definition) is 4. The summed E-state index contributed by atoms with van der Waals surface area (Å²) in [6, 6.07) is 19.2. The van der Waals surface area contributed by atoms with E-state index in [0.717, 1.165) is 22.0 Å². The van der Waals surface area contributed by atoms with Gasteiger partial charge < -0.3 is 10.2 Å². The van der Waals surface area contributed by atoms with Crippen molar-refractivity contribution in [2.24, 2.45) is 0 Å². The Hall–Kier alpha value is -3.43. The van der Waals surface area contributed by atoms with Gasteiger partial charge in [0, 0.05) is 12.6 Å². The first-order chi connectivity index (χ1) is 18.0. The molecule has 0 unspecified atom stereocenters. The molecular formula is C28H31ClFN3O4S. The Kier molecular flexibility index (Phi) is 9.88. The molecule has 0 aromatic heterocycles. The average molecular weight is 560 g/mol. The van der Waals surface area contributed by atoms with Crippen LogP contribution in [-0.2, 0) is 26.2 Å². The molecule has 0 aliphatic rings. The molecule has 0 heterocycles. The number of anilines is 1. The predicted octanol–water partition coefficient (Wildman–Crippen LogP) is 5.01. The van der Waals surface area contributed by atoms with Crippen molar-refractivity contribution in [2.45, 2.75) is 50.7 Å². The third kappa shape index (κ3) is 7.11. The average Bonchev–Trinajstić information content (AvgIpc) is 2.89. The van der Waals surface area contributed by atoms with E-state index in [1.54, 1.807) is 25.1 Å². The number of hydrogen-bond donors (Lipinski definition) is 1. The maximum absolute atomic E-state index is 13.9. The quantitative estimate of drug-likeness (QED) is 0.358. The highest BCUT2D eigenvalue weighted by molar-refractivity contribution is 7.92. The second kappa shape index (κ2) is 12.9. The van der Waals surface area contributed by atoms with Crippen molar-refractivity contribution in [3.05, 3.63) is 95.3 Å². The van der Waals surface area contributed by atoms with E-state index >= 15 is 0 Å². The summed E-state index contributed by atoms with van der Waals surface area (Å²) in [6.07, 6.45) is 0.310. The lowest BCUT2D eigenvalue weighted by Gasteiger charge is -2.33. The van der Waals surface area contributed by atoms with Gasteiger partial charge in [-0.2, -0.15) is 0 Å². The topological polar surface area (TPSA) is 86.8 Å². The lowest BCUT2D eigenvalue weighted by Crippen LogP contribution is -2.53. The van der Waals surface area contributed by atoms with Gasteiger partial charge in [0.1, 0.15) is 18.4 Å². The summed E-state index contributed by atoms with van der Waals surface area (Å²) >= 11 is 5.98. The molecule has 0 spiro atoms. The minimum Gasteiger partial charge on any atom is -0.352 e. The summed E-state index contributed by atoms with van der Waals surface area (Å²) in [5.74, 6) is -1.66. The van der Waals surface area contributed by atoms with Crippen LogP contribution in [0.4, 0.5) is 10.1 Å². The molecule has 0 bridgehead atoms. The van der Waals surface area contributed by atoms with Crippen LogP contribution in [0, 0.1) is 5.82 Å². The monoisotopic (exact) mass is 559 g/mol. The Balaban J connectivity index is 2.06. The molecule has 0 fully saturated rings. The molecule has 1 atom stereocenters. The molecule has 2 amide bonds. The van der Waals surface area contributed by atoms with Gasteiger partial charge in [-0.25, -0.2) is 12.8 Å². The maximum Gasteiger partial charge on any atom is 0.264 e. The number of rotatable bonds is 11. The summed E-state index contributed by atoms with van der Waals surface area (Å²) in [6.45, 7) is 4.89. The van der Waals surface area contributed by atoms with Crippen LogP contribution in [0.25, 0.3) is 0 Å². The predicted molar refractivity (Wildman–Crippen MR) is 147 cm³/mol. The molecule has 3 aromatic rings. The van der Waals surface area contributed by atoms with Crippen molar-refractivity contribution in [1.82, 2.24) is 10.2 Å². The first-order valence-corrected chi connectivity index (χ1v) is 14.0. The molecule has 38 heavy (non-hydrogen) atoms. The molecule has 1 N–H and O–H groups in total. The van der Waals surface area contributed by atoms with Crippen molar-refractivity contribution in [3.63, 3.8) is 0 Å². The highest BCUT2D eigenvalue weighted by Crippen LogP contribution is 2.28. The Labute approximate surface area is 228 Å². The fraction of sp³-hybridized carbons (Fsp3) is 0.286. The molecule has 3 rings (SSSR count). The van der Waals surface area contributed by atoms with E-state index in [1.165, 1.54) is 23.1 Å². The van der Waals surface area contributed by atoms with Crippen LogP contribution >= 0.6 is 11.6 Å². The Bertz CT molecular complexity index is 1360. The molecule has 202 valence electrons. The lowest BCUT2D eigenvalue weighted by atomic mass is 10.1. The van der Waals surface area contributed by atoms with Gasteiger partial charge in [-0.3, -0.25) is 13.9 Å². The summed E-state index contributed by atoms with van der Waals surface area (Å²) < 4.78 is 42.2. The van der Waals surface area contributed by atoms with E-state index in [4.69, 9.17) is 11.6 Å². The second-order valence-electron chi connectivity index (χ2n) is 9.02. The fourth-order valence-electron chi connectivity index (χ4n) is 3.97. The minimum atomic E-state index is -4.25.